The molecule has 1 aliphatic heterocycles. The van der Waals surface area contributed by atoms with Crippen LogP contribution in [0.2, 0.25) is 0 Å². The van der Waals surface area contributed by atoms with Crippen molar-refractivity contribution in [2.24, 2.45) is 0 Å². The number of carbonyl (C=O) groups is 1. The van der Waals surface area contributed by atoms with Crippen molar-refractivity contribution in [1.82, 2.24) is 0 Å². The Hall–Kier alpha value is -3.23. The van der Waals surface area contributed by atoms with E-state index in [9.17, 15) is 17.6 Å². The maximum Gasteiger partial charge on any atom is 0.297 e. The molecule has 6 nitrogen and oxygen atoms in total. The number of benzene rings is 3. The summed E-state index contributed by atoms with van der Waals surface area (Å²) >= 11 is 0. The van der Waals surface area contributed by atoms with Crippen LogP contribution in [0.4, 0.5) is 10.1 Å². The van der Waals surface area contributed by atoms with E-state index in [-0.39, 0.29) is 23.6 Å². The van der Waals surface area contributed by atoms with Crippen LogP contribution < -0.4 is 9.64 Å². The van der Waals surface area contributed by atoms with Crippen LogP contribution >= 0.6 is 0 Å². The molecule has 1 amide bonds. The van der Waals surface area contributed by atoms with Gasteiger partial charge < -0.3 is 9.64 Å². The number of halogens is 1. The van der Waals surface area contributed by atoms with E-state index in [4.69, 9.17) is 8.92 Å². The topological polar surface area (TPSA) is 72.9 Å². The highest BCUT2D eigenvalue weighted by molar-refractivity contribution is 7.86. The predicted molar refractivity (Wildman–Crippen MR) is 113 cm³/mol. The molecular weight excluding hydrogens is 421 g/mol. The van der Waals surface area contributed by atoms with Gasteiger partial charge in [-0.3, -0.25) is 8.98 Å². The Morgan fingerprint density at radius 3 is 2.58 bits per heavy atom. The van der Waals surface area contributed by atoms with E-state index in [1.807, 2.05) is 6.92 Å². The van der Waals surface area contributed by atoms with E-state index < -0.39 is 27.9 Å². The number of ether oxygens (including phenoxy) is 1. The molecule has 0 N–H and O–H groups in total. The minimum atomic E-state index is -3.98. The fraction of sp³-hybridized carbons (Fsp3) is 0.174. The van der Waals surface area contributed by atoms with Crippen LogP contribution in [0.1, 0.15) is 15.9 Å². The second kappa shape index (κ2) is 8.49. The summed E-state index contributed by atoms with van der Waals surface area (Å²) in [5.74, 6) is -0.516. The molecule has 0 bridgehead atoms. The first-order valence-corrected chi connectivity index (χ1v) is 11.0. The van der Waals surface area contributed by atoms with Crippen molar-refractivity contribution < 1.29 is 26.5 Å². The lowest BCUT2D eigenvalue weighted by Crippen LogP contribution is -2.45. The van der Waals surface area contributed by atoms with E-state index in [0.29, 0.717) is 11.4 Å². The van der Waals surface area contributed by atoms with Gasteiger partial charge in [-0.15, -0.1) is 0 Å². The highest BCUT2D eigenvalue weighted by Gasteiger charge is 2.32. The molecule has 31 heavy (non-hydrogen) atoms. The molecule has 160 valence electrons. The smallest absolute Gasteiger partial charge is 0.297 e. The zero-order valence-electron chi connectivity index (χ0n) is 16.7. The SMILES string of the molecule is Cc1ccc(S(=O)(=O)OCC2CN(C(=O)c3cccc(F)c3)c3ccccc3O2)cc1. The second-order valence-corrected chi connectivity index (χ2v) is 8.80. The minimum Gasteiger partial charge on any atom is -0.484 e. The molecule has 1 unspecified atom stereocenters. The second-order valence-electron chi connectivity index (χ2n) is 7.19. The van der Waals surface area contributed by atoms with Gasteiger partial charge in [-0.25, -0.2) is 4.39 Å². The molecule has 1 atom stereocenters. The molecule has 4 rings (SSSR count). The van der Waals surface area contributed by atoms with E-state index in [1.165, 1.54) is 35.2 Å². The molecule has 0 aromatic heterocycles. The fourth-order valence-corrected chi connectivity index (χ4v) is 4.23. The number of para-hydroxylation sites is 2. The molecule has 0 aliphatic carbocycles. The Morgan fingerprint density at radius 2 is 1.84 bits per heavy atom. The van der Waals surface area contributed by atoms with Gasteiger partial charge in [0, 0.05) is 5.56 Å². The first-order chi connectivity index (χ1) is 14.8. The zero-order valence-corrected chi connectivity index (χ0v) is 17.5. The number of hydrogen-bond acceptors (Lipinski definition) is 5. The average Bonchev–Trinajstić information content (AvgIpc) is 2.77. The van der Waals surface area contributed by atoms with Crippen LogP contribution in [0.15, 0.2) is 77.7 Å². The number of nitrogens with zero attached hydrogens (tertiary/aromatic N) is 1. The van der Waals surface area contributed by atoms with Crippen LogP contribution in [0.25, 0.3) is 0 Å². The molecule has 0 radical (unpaired) electrons. The van der Waals surface area contributed by atoms with Gasteiger partial charge >= 0.3 is 0 Å². The number of hydrogen-bond donors (Lipinski definition) is 0. The zero-order chi connectivity index (χ0) is 22.0. The van der Waals surface area contributed by atoms with Gasteiger partial charge in [0.1, 0.15) is 24.3 Å². The van der Waals surface area contributed by atoms with Gasteiger partial charge in [0.05, 0.1) is 17.1 Å². The quantitative estimate of drug-likeness (QED) is 0.561. The predicted octanol–water partition coefficient (Wildman–Crippen LogP) is 3.95. The molecular formula is C23H20FNO5S. The van der Waals surface area contributed by atoms with Crippen LogP contribution in [0, 0.1) is 12.7 Å². The van der Waals surface area contributed by atoms with Gasteiger partial charge in [0.15, 0.2) is 0 Å². The maximum absolute atomic E-state index is 13.6. The molecule has 0 spiro atoms. The third-order valence-corrected chi connectivity index (χ3v) is 6.17. The highest BCUT2D eigenvalue weighted by Crippen LogP contribution is 2.34. The number of fused-ring (bicyclic) bond motifs is 1. The fourth-order valence-electron chi connectivity index (χ4n) is 3.29. The molecule has 8 heteroatoms. The summed E-state index contributed by atoms with van der Waals surface area (Å²) in [7, 11) is -3.98. The molecule has 3 aromatic carbocycles. The third-order valence-electron chi connectivity index (χ3n) is 4.87. The number of carbonyl (C=O) groups excluding carboxylic acids is 1. The highest BCUT2D eigenvalue weighted by atomic mass is 32.2. The van der Waals surface area contributed by atoms with Crippen LogP contribution in [0.3, 0.4) is 0 Å². The van der Waals surface area contributed by atoms with E-state index in [1.54, 1.807) is 36.4 Å². The molecule has 3 aromatic rings. The van der Waals surface area contributed by atoms with Gasteiger partial charge in [-0.1, -0.05) is 35.9 Å². The lowest BCUT2D eigenvalue weighted by molar-refractivity contribution is 0.0918. The van der Waals surface area contributed by atoms with Gasteiger partial charge in [-0.05, 0) is 49.4 Å². The summed E-state index contributed by atoms with van der Waals surface area (Å²) in [6.07, 6.45) is -0.729. The summed E-state index contributed by atoms with van der Waals surface area (Å²) in [6, 6.07) is 18.6. The monoisotopic (exact) mass is 441 g/mol. The Bertz CT molecular complexity index is 1210. The van der Waals surface area contributed by atoms with E-state index in [0.717, 1.165) is 11.6 Å². The van der Waals surface area contributed by atoms with Crippen LogP contribution in [0.5, 0.6) is 5.75 Å². The summed E-state index contributed by atoms with van der Waals surface area (Å²) in [4.78, 5) is 14.5. The number of aryl methyl sites for hydroxylation is 1. The van der Waals surface area contributed by atoms with Gasteiger partial charge in [-0.2, -0.15) is 8.42 Å². The summed E-state index contributed by atoms with van der Waals surface area (Å²) < 4.78 is 49.7. The lowest BCUT2D eigenvalue weighted by atomic mass is 10.1. The summed E-state index contributed by atoms with van der Waals surface area (Å²) in [5.41, 5.74) is 1.63. The van der Waals surface area contributed by atoms with Crippen molar-refractivity contribution >= 4 is 21.7 Å². The number of amides is 1. The van der Waals surface area contributed by atoms with E-state index in [2.05, 4.69) is 0 Å². The van der Waals surface area contributed by atoms with Gasteiger partial charge in [0.25, 0.3) is 16.0 Å². The van der Waals surface area contributed by atoms with Gasteiger partial charge in [0.2, 0.25) is 0 Å². The number of rotatable bonds is 5. The molecule has 1 heterocycles. The van der Waals surface area contributed by atoms with E-state index >= 15 is 0 Å². The van der Waals surface area contributed by atoms with Crippen LogP contribution in [-0.2, 0) is 14.3 Å². The molecule has 0 saturated heterocycles. The summed E-state index contributed by atoms with van der Waals surface area (Å²) in [6.45, 7) is 1.63. The van der Waals surface area contributed by atoms with Crippen molar-refractivity contribution in [3.05, 3.63) is 89.7 Å². The standard InChI is InChI=1S/C23H20FNO5S/c1-16-9-11-20(12-10-16)31(27,28)29-15-19-14-25(21-7-2-3-8-22(21)30-19)23(26)17-5-4-6-18(24)13-17/h2-13,19H,14-15H2,1H3. The average molecular weight is 441 g/mol. The van der Waals surface area contributed by atoms with Crippen molar-refractivity contribution in [2.75, 3.05) is 18.1 Å². The lowest BCUT2D eigenvalue weighted by Gasteiger charge is -2.34. The Morgan fingerprint density at radius 1 is 1.10 bits per heavy atom. The summed E-state index contributed by atoms with van der Waals surface area (Å²) in [5, 5.41) is 0. The third kappa shape index (κ3) is 4.60. The first kappa shape index (κ1) is 21.0. The molecule has 0 saturated carbocycles. The van der Waals surface area contributed by atoms with Crippen molar-refractivity contribution in [3.63, 3.8) is 0 Å². The first-order valence-electron chi connectivity index (χ1n) is 9.63. The minimum absolute atomic E-state index is 0.0435. The van der Waals surface area contributed by atoms with Crippen LogP contribution in [-0.4, -0.2) is 33.6 Å². The molecule has 1 aliphatic rings. The van der Waals surface area contributed by atoms with Crippen molar-refractivity contribution in [3.8, 4) is 5.75 Å². The van der Waals surface area contributed by atoms with Crippen molar-refractivity contribution in [2.45, 2.75) is 17.9 Å². The largest absolute Gasteiger partial charge is 0.484 e. The molecule has 0 fully saturated rings. The normalized spacial score (nSPS) is 15.8. The Labute approximate surface area is 180 Å². The van der Waals surface area contributed by atoms with Crippen molar-refractivity contribution in [1.29, 1.82) is 0 Å². The Balaban J connectivity index is 1.55. The maximum atomic E-state index is 13.6. The number of anilines is 1. The Kier molecular flexibility index (Phi) is 5.75.